The lowest BCUT2D eigenvalue weighted by atomic mass is 10.0. The summed E-state index contributed by atoms with van der Waals surface area (Å²) in [6.45, 7) is 1.33. The van der Waals surface area contributed by atoms with E-state index in [1.165, 1.54) is 19.2 Å². The van der Waals surface area contributed by atoms with Gasteiger partial charge in [0.15, 0.2) is 0 Å². The number of imide groups is 2. The Morgan fingerprint density at radius 2 is 1.83 bits per heavy atom. The van der Waals surface area contributed by atoms with E-state index in [1.54, 1.807) is 19.9 Å². The fraction of sp³-hybridized carbons (Fsp3) is 0.476. The highest BCUT2D eigenvalue weighted by Gasteiger charge is 2.47. The standard InChI is InChI=1S/C21H25N2O12P/c1-12(2)35-21(28)32-11-34-36(29,30)33-10-22-17(24)7-6-16(20(22)27)23-18(25)14-5-4-13(9-31-3)8-15(14)19(23)26/h4-5,8,12,16H,6-7,9-11H2,1-3H3,(H,29,30). The molecule has 0 bridgehead atoms. The quantitative estimate of drug-likeness (QED) is 0.201. The second-order valence-corrected chi connectivity index (χ2v) is 9.50. The minimum atomic E-state index is -4.87. The number of ether oxygens (including phenoxy) is 3. The maximum absolute atomic E-state index is 13.0. The molecule has 2 unspecified atom stereocenters. The maximum Gasteiger partial charge on any atom is 0.510 e. The van der Waals surface area contributed by atoms with Crippen LogP contribution in [0.15, 0.2) is 18.2 Å². The van der Waals surface area contributed by atoms with E-state index in [0.29, 0.717) is 10.5 Å². The van der Waals surface area contributed by atoms with Crippen molar-refractivity contribution in [3.8, 4) is 0 Å². The third kappa shape index (κ3) is 6.15. The Labute approximate surface area is 205 Å². The number of hydrogen-bond acceptors (Lipinski definition) is 11. The van der Waals surface area contributed by atoms with Crippen molar-refractivity contribution in [3.05, 3.63) is 34.9 Å². The van der Waals surface area contributed by atoms with Crippen molar-refractivity contribution in [1.82, 2.24) is 9.80 Å². The predicted octanol–water partition coefficient (Wildman–Crippen LogP) is 1.56. The molecule has 14 nitrogen and oxygen atoms in total. The number of benzene rings is 1. The van der Waals surface area contributed by atoms with Crippen molar-refractivity contribution in [2.24, 2.45) is 0 Å². The first-order valence-corrected chi connectivity index (χ1v) is 12.2. The average Bonchev–Trinajstić information content (AvgIpc) is 3.03. The number of likely N-dealkylation sites (tertiary alicyclic amines) is 1. The number of carbonyl (C=O) groups excluding carboxylic acids is 5. The highest BCUT2D eigenvalue weighted by atomic mass is 31.2. The third-order valence-electron chi connectivity index (χ3n) is 5.16. The molecule has 15 heteroatoms. The number of methoxy groups -OCH3 is 1. The van der Waals surface area contributed by atoms with Gasteiger partial charge in [0.05, 0.1) is 23.8 Å². The van der Waals surface area contributed by atoms with Gasteiger partial charge in [-0.15, -0.1) is 0 Å². The van der Waals surface area contributed by atoms with Crippen LogP contribution in [0.25, 0.3) is 0 Å². The van der Waals surface area contributed by atoms with Crippen molar-refractivity contribution < 1.29 is 56.7 Å². The van der Waals surface area contributed by atoms with E-state index in [1.807, 2.05) is 0 Å². The van der Waals surface area contributed by atoms with E-state index in [4.69, 9.17) is 4.74 Å². The van der Waals surface area contributed by atoms with Crippen LogP contribution >= 0.6 is 7.82 Å². The van der Waals surface area contributed by atoms with Gasteiger partial charge in [-0.25, -0.2) is 13.9 Å². The summed E-state index contributed by atoms with van der Waals surface area (Å²) in [5, 5.41) is 0. The van der Waals surface area contributed by atoms with Crippen LogP contribution in [0.1, 0.15) is 53.0 Å². The number of amides is 4. The van der Waals surface area contributed by atoms with Crippen LogP contribution in [-0.2, 0) is 44.0 Å². The van der Waals surface area contributed by atoms with Gasteiger partial charge in [0.25, 0.3) is 17.7 Å². The van der Waals surface area contributed by atoms with Crippen molar-refractivity contribution in [2.75, 3.05) is 20.6 Å². The Balaban J connectivity index is 1.64. The highest BCUT2D eigenvalue weighted by molar-refractivity contribution is 7.47. The summed E-state index contributed by atoms with van der Waals surface area (Å²) in [4.78, 5) is 73.5. The summed E-state index contributed by atoms with van der Waals surface area (Å²) in [6, 6.07) is 3.25. The average molecular weight is 528 g/mol. The largest absolute Gasteiger partial charge is 0.510 e. The fourth-order valence-corrected chi connectivity index (χ4v) is 4.10. The molecule has 1 N–H and O–H groups in total. The molecule has 1 fully saturated rings. The molecule has 1 saturated heterocycles. The summed E-state index contributed by atoms with van der Waals surface area (Å²) in [6.07, 6.45) is -2.00. The van der Waals surface area contributed by atoms with E-state index in [0.717, 1.165) is 4.90 Å². The first-order chi connectivity index (χ1) is 16.9. The minimum absolute atomic E-state index is 0.103. The highest BCUT2D eigenvalue weighted by Crippen LogP contribution is 2.43. The van der Waals surface area contributed by atoms with Crippen LogP contribution in [0, 0.1) is 0 Å². The number of hydrogen-bond donors (Lipinski definition) is 1. The number of phosphoric acid groups is 1. The lowest BCUT2D eigenvalue weighted by molar-refractivity contribution is -0.155. The molecule has 1 aromatic carbocycles. The Morgan fingerprint density at radius 3 is 2.50 bits per heavy atom. The Hall–Kier alpha value is -3.16. The van der Waals surface area contributed by atoms with Gasteiger partial charge in [0.1, 0.15) is 12.8 Å². The van der Waals surface area contributed by atoms with Crippen LogP contribution in [-0.4, -0.2) is 77.3 Å². The zero-order valence-corrected chi connectivity index (χ0v) is 20.6. The van der Waals surface area contributed by atoms with E-state index < -0.39 is 63.3 Å². The lowest BCUT2D eigenvalue weighted by Gasteiger charge is -2.34. The number of rotatable bonds is 10. The molecule has 0 aliphatic carbocycles. The minimum Gasteiger partial charge on any atom is -0.432 e. The van der Waals surface area contributed by atoms with Crippen molar-refractivity contribution in [3.63, 3.8) is 0 Å². The Morgan fingerprint density at radius 1 is 1.14 bits per heavy atom. The summed E-state index contributed by atoms with van der Waals surface area (Å²) >= 11 is 0. The number of fused-ring (bicyclic) bond motifs is 1. The summed E-state index contributed by atoms with van der Waals surface area (Å²) in [7, 11) is -3.39. The van der Waals surface area contributed by atoms with Crippen LogP contribution < -0.4 is 0 Å². The van der Waals surface area contributed by atoms with Gasteiger partial charge in [-0.3, -0.25) is 33.5 Å². The number of phosphoric ester groups is 1. The molecule has 1 aromatic rings. The summed E-state index contributed by atoms with van der Waals surface area (Å²) < 4.78 is 35.3. The van der Waals surface area contributed by atoms with Gasteiger partial charge in [0.2, 0.25) is 12.7 Å². The molecule has 3 rings (SSSR count). The molecule has 2 atom stereocenters. The normalized spacial score (nSPS) is 19.5. The first kappa shape index (κ1) is 27.4. The van der Waals surface area contributed by atoms with Crippen LogP contribution in [0.4, 0.5) is 4.79 Å². The van der Waals surface area contributed by atoms with Crippen molar-refractivity contribution in [1.29, 1.82) is 0 Å². The molecule has 36 heavy (non-hydrogen) atoms. The molecule has 0 aromatic heterocycles. The lowest BCUT2D eigenvalue weighted by Crippen LogP contribution is -2.56. The predicted molar refractivity (Wildman–Crippen MR) is 117 cm³/mol. The molecule has 0 radical (unpaired) electrons. The van der Waals surface area contributed by atoms with Crippen LogP contribution in [0.2, 0.25) is 0 Å². The van der Waals surface area contributed by atoms with Gasteiger partial charge < -0.3 is 19.1 Å². The molecule has 4 amide bonds. The van der Waals surface area contributed by atoms with Gasteiger partial charge in [-0.2, -0.15) is 0 Å². The molecule has 0 saturated carbocycles. The smallest absolute Gasteiger partial charge is 0.432 e. The fourth-order valence-electron chi connectivity index (χ4n) is 3.58. The van der Waals surface area contributed by atoms with E-state index in [-0.39, 0.29) is 30.6 Å². The number of nitrogens with zero attached hydrogens (tertiary/aromatic N) is 2. The number of piperidine rings is 1. The SMILES string of the molecule is COCc1ccc2c(c1)C(=O)N(C1CCC(=O)N(COP(=O)(O)OCOC(=O)OC(C)C)C1=O)C2=O. The van der Waals surface area contributed by atoms with Crippen LogP contribution in [0.5, 0.6) is 0 Å². The van der Waals surface area contributed by atoms with Crippen molar-refractivity contribution >= 4 is 37.6 Å². The zero-order valence-electron chi connectivity index (χ0n) is 19.7. The monoisotopic (exact) mass is 528 g/mol. The maximum atomic E-state index is 13.0. The Kier molecular flexibility index (Phi) is 8.59. The molecule has 196 valence electrons. The van der Waals surface area contributed by atoms with E-state index >= 15 is 0 Å². The molecule has 2 heterocycles. The third-order valence-corrected chi connectivity index (χ3v) is 6.04. The topological polar surface area (TPSA) is 175 Å². The van der Waals surface area contributed by atoms with Gasteiger partial charge in [-0.05, 0) is 38.0 Å². The second-order valence-electron chi connectivity index (χ2n) is 8.04. The van der Waals surface area contributed by atoms with E-state index in [2.05, 4.69) is 18.5 Å². The number of carbonyl (C=O) groups is 5. The first-order valence-electron chi connectivity index (χ1n) is 10.7. The van der Waals surface area contributed by atoms with Crippen molar-refractivity contribution in [2.45, 2.75) is 45.4 Å². The molecular formula is C21H25N2O12P. The van der Waals surface area contributed by atoms with Crippen LogP contribution in [0.3, 0.4) is 0 Å². The summed E-state index contributed by atoms with van der Waals surface area (Å²) in [5.74, 6) is -3.11. The van der Waals surface area contributed by atoms with Gasteiger partial charge in [0, 0.05) is 13.5 Å². The summed E-state index contributed by atoms with van der Waals surface area (Å²) in [5.41, 5.74) is 0.863. The molecular weight excluding hydrogens is 503 g/mol. The Bertz CT molecular complexity index is 1120. The second kappa shape index (κ2) is 11.3. The molecule has 2 aliphatic heterocycles. The molecule has 0 spiro atoms. The van der Waals surface area contributed by atoms with Gasteiger partial charge >= 0.3 is 14.0 Å². The van der Waals surface area contributed by atoms with Gasteiger partial charge in [-0.1, -0.05) is 6.07 Å². The molecule has 2 aliphatic rings. The zero-order chi connectivity index (χ0) is 26.6. The van der Waals surface area contributed by atoms with E-state index in [9.17, 15) is 33.4 Å².